The summed E-state index contributed by atoms with van der Waals surface area (Å²) < 4.78 is 30.6. The molecule has 1 aliphatic carbocycles. The van der Waals surface area contributed by atoms with Crippen LogP contribution in [0, 0.1) is 11.7 Å². The summed E-state index contributed by atoms with van der Waals surface area (Å²) >= 11 is 0. The quantitative estimate of drug-likeness (QED) is 0.132. The zero-order chi connectivity index (χ0) is 33.9. The third-order valence-electron chi connectivity index (χ3n) is 9.53. The molecule has 4 aromatic rings. The summed E-state index contributed by atoms with van der Waals surface area (Å²) in [5.41, 5.74) is 10.8. The highest BCUT2D eigenvalue weighted by Gasteiger charge is 2.45. The van der Waals surface area contributed by atoms with E-state index in [0.717, 1.165) is 23.6 Å². The zero-order valence-corrected chi connectivity index (χ0v) is 27.2. The monoisotopic (exact) mass is 654 g/mol. The molecule has 48 heavy (non-hydrogen) atoms. The van der Waals surface area contributed by atoms with Crippen molar-refractivity contribution in [3.63, 3.8) is 0 Å². The van der Waals surface area contributed by atoms with Gasteiger partial charge in [0.05, 0.1) is 17.6 Å². The Hall–Kier alpha value is -5.13. The first-order valence-corrected chi connectivity index (χ1v) is 16.4. The molecule has 1 saturated carbocycles. The van der Waals surface area contributed by atoms with Crippen LogP contribution in [0.4, 0.5) is 9.18 Å². The summed E-state index contributed by atoms with van der Waals surface area (Å²) in [6.45, 7) is 6.36. The maximum atomic E-state index is 16.5. The molecule has 11 nitrogen and oxygen atoms in total. The predicted molar refractivity (Wildman–Crippen MR) is 182 cm³/mol. The van der Waals surface area contributed by atoms with Crippen LogP contribution in [0.5, 0.6) is 11.5 Å². The van der Waals surface area contributed by atoms with E-state index in [4.69, 9.17) is 20.9 Å². The molecule has 12 heteroatoms. The van der Waals surface area contributed by atoms with Gasteiger partial charge in [-0.2, -0.15) is 0 Å². The van der Waals surface area contributed by atoms with E-state index in [-0.39, 0.29) is 59.7 Å². The number of rotatable bonds is 5. The minimum Gasteiger partial charge on any atom is -0.452 e. The molecular weight excluding hydrogens is 615 g/mol. The Labute approximate surface area is 276 Å². The Kier molecular flexibility index (Phi) is 7.76. The number of amides is 2. The van der Waals surface area contributed by atoms with Gasteiger partial charge in [0.25, 0.3) is 5.91 Å². The maximum absolute atomic E-state index is 16.5. The van der Waals surface area contributed by atoms with E-state index in [1.54, 1.807) is 9.47 Å². The molecule has 3 atom stereocenters. The Balaban J connectivity index is 1.35. The Morgan fingerprint density at radius 3 is 2.60 bits per heavy atom. The van der Waals surface area contributed by atoms with Crippen LogP contribution in [0.25, 0.3) is 27.4 Å². The normalized spacial score (nSPS) is 19.8. The molecule has 0 radical (unpaired) electrons. The number of aromatic nitrogens is 1. The highest BCUT2D eigenvalue weighted by atomic mass is 19.1. The SMILES string of the molecule is CC(C)(C)OC(=O)N1CCCC2CC(c3c(F)cc4c(=O)c(C(=O)NCCN=C(N)N)cn5c4c3Oc3cc4ccccc4cc3-5)CC21. The fraction of sp³-hybridized carbons (Fsp3) is 0.389. The number of benzene rings is 3. The summed E-state index contributed by atoms with van der Waals surface area (Å²) in [5, 5.41) is 4.58. The van der Waals surface area contributed by atoms with Crippen molar-refractivity contribution in [2.75, 3.05) is 19.6 Å². The van der Waals surface area contributed by atoms with Crippen molar-refractivity contribution in [1.82, 2.24) is 14.8 Å². The van der Waals surface area contributed by atoms with Crippen LogP contribution in [0.3, 0.4) is 0 Å². The number of halogens is 1. The van der Waals surface area contributed by atoms with Crippen molar-refractivity contribution in [3.8, 4) is 17.2 Å². The van der Waals surface area contributed by atoms with Gasteiger partial charge in [0, 0.05) is 30.9 Å². The number of hydrogen-bond acceptors (Lipinski definition) is 6. The standard InChI is InChI=1S/C36H39FN6O5/c1-36(2,3)48-35(46)42-12-6-9-21-13-22(15-26(21)42)29-25(37)17-23-30-32(29)47-28-16-20-8-5-4-7-19(20)14-27(28)43(30)18-24(31(23)44)33(45)40-10-11-41-34(38)39/h4-5,7-8,14,16-18,21-22,26H,6,9-13,15H2,1-3H3,(H,40,45)(H4,38,39,41). The third-order valence-corrected chi connectivity index (χ3v) is 9.53. The number of likely N-dealkylation sites (tertiary alicyclic amines) is 1. The predicted octanol–water partition coefficient (Wildman–Crippen LogP) is 5.29. The van der Waals surface area contributed by atoms with Gasteiger partial charge in [-0.25, -0.2) is 9.18 Å². The molecule has 2 amide bonds. The summed E-state index contributed by atoms with van der Waals surface area (Å²) in [7, 11) is 0. The van der Waals surface area contributed by atoms with Gasteiger partial charge in [0.1, 0.15) is 22.5 Å². The fourth-order valence-electron chi connectivity index (χ4n) is 7.58. The highest BCUT2D eigenvalue weighted by Crippen LogP contribution is 2.52. The third kappa shape index (κ3) is 5.58. The molecule has 2 aliphatic heterocycles. The number of hydrogen-bond donors (Lipinski definition) is 3. The molecule has 3 unspecified atom stereocenters. The summed E-state index contributed by atoms with van der Waals surface area (Å²) in [5.74, 6) is -0.681. The second-order valence-corrected chi connectivity index (χ2v) is 13.9. The van der Waals surface area contributed by atoms with E-state index in [1.807, 2.05) is 57.2 Å². The smallest absolute Gasteiger partial charge is 0.410 e. The molecule has 0 bridgehead atoms. The molecule has 3 aliphatic rings. The minimum absolute atomic E-state index is 0.0349. The van der Waals surface area contributed by atoms with E-state index in [1.165, 1.54) is 12.3 Å². The number of aliphatic imine (C=N–C) groups is 1. The molecule has 5 N–H and O–H groups in total. The van der Waals surface area contributed by atoms with Crippen LogP contribution in [0.2, 0.25) is 0 Å². The van der Waals surface area contributed by atoms with Crippen molar-refractivity contribution in [1.29, 1.82) is 0 Å². The number of nitrogens with zero attached hydrogens (tertiary/aromatic N) is 3. The van der Waals surface area contributed by atoms with Crippen molar-refractivity contribution in [2.45, 2.75) is 64.0 Å². The first-order valence-electron chi connectivity index (χ1n) is 16.4. The van der Waals surface area contributed by atoms with E-state index < -0.39 is 22.8 Å². The second kappa shape index (κ2) is 11.8. The zero-order valence-electron chi connectivity index (χ0n) is 27.2. The lowest BCUT2D eigenvalue weighted by Crippen LogP contribution is -2.48. The Morgan fingerprint density at radius 2 is 1.88 bits per heavy atom. The molecule has 3 heterocycles. The molecule has 0 spiro atoms. The van der Waals surface area contributed by atoms with Crippen LogP contribution in [-0.4, -0.2) is 58.7 Å². The van der Waals surface area contributed by atoms with Crippen molar-refractivity contribution in [2.24, 2.45) is 22.4 Å². The van der Waals surface area contributed by atoms with E-state index in [2.05, 4.69) is 10.3 Å². The van der Waals surface area contributed by atoms with Gasteiger partial charge in [-0.3, -0.25) is 14.6 Å². The van der Waals surface area contributed by atoms with Gasteiger partial charge in [0.2, 0.25) is 5.43 Å². The van der Waals surface area contributed by atoms with Gasteiger partial charge in [-0.1, -0.05) is 24.3 Å². The number of fused-ring (bicyclic) bond motifs is 4. The number of carbonyl (C=O) groups is 2. The number of guanidine groups is 1. The van der Waals surface area contributed by atoms with Crippen LogP contribution < -0.4 is 26.9 Å². The van der Waals surface area contributed by atoms with Crippen molar-refractivity contribution < 1.29 is 23.5 Å². The average Bonchev–Trinajstić information content (AvgIpc) is 3.46. The van der Waals surface area contributed by atoms with E-state index in [9.17, 15) is 14.4 Å². The number of nitrogens with one attached hydrogen (secondary N) is 1. The van der Waals surface area contributed by atoms with Crippen LogP contribution >= 0.6 is 0 Å². The van der Waals surface area contributed by atoms with Gasteiger partial charge in [0.15, 0.2) is 17.5 Å². The number of piperidine rings is 1. The Morgan fingerprint density at radius 1 is 1.12 bits per heavy atom. The average molecular weight is 655 g/mol. The van der Waals surface area contributed by atoms with Gasteiger partial charge >= 0.3 is 6.09 Å². The first-order chi connectivity index (χ1) is 22.9. The number of nitrogens with two attached hydrogens (primary N) is 2. The lowest BCUT2D eigenvalue weighted by molar-refractivity contribution is 0.00427. The fourth-order valence-corrected chi connectivity index (χ4v) is 7.58. The minimum atomic E-state index is -0.631. The largest absolute Gasteiger partial charge is 0.452 e. The molecule has 7 rings (SSSR count). The summed E-state index contributed by atoms with van der Waals surface area (Å²) in [4.78, 5) is 46.1. The topological polar surface area (TPSA) is 154 Å². The van der Waals surface area contributed by atoms with E-state index in [0.29, 0.717) is 41.9 Å². The van der Waals surface area contributed by atoms with Crippen LogP contribution in [0.1, 0.15) is 68.3 Å². The number of ether oxygens (including phenoxy) is 2. The summed E-state index contributed by atoms with van der Waals surface area (Å²) in [6, 6.07) is 12.7. The van der Waals surface area contributed by atoms with Gasteiger partial charge in [-0.15, -0.1) is 0 Å². The van der Waals surface area contributed by atoms with Crippen molar-refractivity contribution >= 4 is 39.6 Å². The molecule has 1 saturated heterocycles. The second-order valence-electron chi connectivity index (χ2n) is 13.9. The molecule has 250 valence electrons. The number of carbonyl (C=O) groups excluding carboxylic acids is 2. The molecule has 2 fully saturated rings. The van der Waals surface area contributed by atoms with Crippen LogP contribution in [-0.2, 0) is 4.74 Å². The summed E-state index contributed by atoms with van der Waals surface area (Å²) in [6.07, 6.45) is 4.11. The number of pyridine rings is 1. The lowest BCUT2D eigenvalue weighted by Gasteiger charge is -2.38. The first kappa shape index (κ1) is 31.5. The molecule has 3 aromatic carbocycles. The molecule has 1 aromatic heterocycles. The molecular formula is C36H39FN6O5. The van der Waals surface area contributed by atoms with E-state index >= 15 is 4.39 Å². The highest BCUT2D eigenvalue weighted by molar-refractivity contribution is 6.00. The van der Waals surface area contributed by atoms with Crippen LogP contribution in [0.15, 0.2) is 58.4 Å². The Bertz CT molecular complexity index is 2060. The van der Waals surface area contributed by atoms with Gasteiger partial charge < -0.3 is 35.7 Å². The van der Waals surface area contributed by atoms with Gasteiger partial charge in [-0.05, 0) is 87.3 Å². The maximum Gasteiger partial charge on any atom is 0.410 e. The lowest BCUT2D eigenvalue weighted by atomic mass is 9.90. The van der Waals surface area contributed by atoms with Crippen molar-refractivity contribution in [3.05, 3.63) is 75.8 Å².